The minimum Gasteiger partial charge on any atom is -0.494 e. The van der Waals surface area contributed by atoms with Crippen LogP contribution in [0, 0.1) is 0 Å². The molecule has 0 fully saturated rings. The van der Waals surface area contributed by atoms with E-state index < -0.39 is 0 Å². The number of oxazole rings is 1. The number of carbonyl (C=O) groups excluding carboxylic acids is 1. The third-order valence-corrected chi connectivity index (χ3v) is 5.53. The standard InChI is InChI=1S/C28H30N2O3/c1-5-6-17-32-23-14-9-19(10-15-23)26(31)29-22-13-16-25-24(18-22)30-27(33-25)20-7-11-21(12-8-20)28(2,3)4/h7-16,18H,5-6,17H2,1-4H3,(H,29,31). The first-order chi connectivity index (χ1) is 15.8. The normalized spacial score (nSPS) is 11.5. The molecule has 0 aliphatic heterocycles. The summed E-state index contributed by atoms with van der Waals surface area (Å²) in [6, 6.07) is 20.9. The maximum Gasteiger partial charge on any atom is 0.255 e. The number of ether oxygens (including phenoxy) is 1. The lowest BCUT2D eigenvalue weighted by Crippen LogP contribution is -2.11. The highest BCUT2D eigenvalue weighted by molar-refractivity contribution is 6.05. The van der Waals surface area contributed by atoms with Crippen molar-refractivity contribution in [1.82, 2.24) is 4.98 Å². The summed E-state index contributed by atoms with van der Waals surface area (Å²) < 4.78 is 11.6. The quantitative estimate of drug-likeness (QED) is 0.307. The predicted octanol–water partition coefficient (Wildman–Crippen LogP) is 7.22. The number of carbonyl (C=O) groups is 1. The molecule has 4 aromatic rings. The van der Waals surface area contributed by atoms with E-state index in [1.165, 1.54) is 5.56 Å². The molecule has 1 N–H and O–H groups in total. The van der Waals surface area contributed by atoms with Gasteiger partial charge in [0.15, 0.2) is 5.58 Å². The van der Waals surface area contributed by atoms with Crippen molar-refractivity contribution >= 4 is 22.7 Å². The Hall–Kier alpha value is -3.60. The number of fused-ring (bicyclic) bond motifs is 1. The molecule has 0 aliphatic rings. The van der Waals surface area contributed by atoms with Crippen molar-refractivity contribution in [1.29, 1.82) is 0 Å². The van der Waals surface area contributed by atoms with Gasteiger partial charge in [0.2, 0.25) is 5.89 Å². The summed E-state index contributed by atoms with van der Waals surface area (Å²) in [6.45, 7) is 9.37. The van der Waals surface area contributed by atoms with Crippen LogP contribution < -0.4 is 10.1 Å². The molecule has 0 bridgehead atoms. The van der Waals surface area contributed by atoms with Crippen molar-refractivity contribution < 1.29 is 13.9 Å². The van der Waals surface area contributed by atoms with Crippen molar-refractivity contribution in [2.75, 3.05) is 11.9 Å². The molecule has 33 heavy (non-hydrogen) atoms. The molecule has 0 unspecified atom stereocenters. The molecule has 170 valence electrons. The van der Waals surface area contributed by atoms with E-state index in [4.69, 9.17) is 9.15 Å². The molecule has 0 aliphatic carbocycles. The molecule has 0 saturated carbocycles. The fourth-order valence-electron chi connectivity index (χ4n) is 3.48. The lowest BCUT2D eigenvalue weighted by Gasteiger charge is -2.18. The number of nitrogens with one attached hydrogen (secondary N) is 1. The van der Waals surface area contributed by atoms with Gasteiger partial charge in [-0.15, -0.1) is 0 Å². The number of rotatable bonds is 7. The number of hydrogen-bond donors (Lipinski definition) is 1. The monoisotopic (exact) mass is 442 g/mol. The van der Waals surface area contributed by atoms with E-state index in [2.05, 4.69) is 50.1 Å². The van der Waals surface area contributed by atoms with Crippen molar-refractivity contribution in [3.63, 3.8) is 0 Å². The number of nitrogens with zero attached hydrogens (tertiary/aromatic N) is 1. The summed E-state index contributed by atoms with van der Waals surface area (Å²) in [5.41, 5.74) is 4.88. The van der Waals surface area contributed by atoms with Crippen LogP contribution in [0.1, 0.15) is 56.5 Å². The average molecular weight is 443 g/mol. The van der Waals surface area contributed by atoms with Crippen LogP contribution in [0.3, 0.4) is 0 Å². The van der Waals surface area contributed by atoms with Gasteiger partial charge >= 0.3 is 0 Å². The van der Waals surface area contributed by atoms with Crippen LogP contribution in [0.5, 0.6) is 5.75 Å². The second-order valence-corrected chi connectivity index (χ2v) is 9.21. The van der Waals surface area contributed by atoms with Crippen molar-refractivity contribution in [2.45, 2.75) is 46.0 Å². The maximum atomic E-state index is 12.7. The Kier molecular flexibility index (Phi) is 6.50. The number of anilines is 1. The van der Waals surface area contributed by atoms with Crippen LogP contribution in [0.15, 0.2) is 71.1 Å². The highest BCUT2D eigenvalue weighted by Gasteiger charge is 2.15. The predicted molar refractivity (Wildman–Crippen MR) is 133 cm³/mol. The molecule has 0 spiro atoms. The van der Waals surface area contributed by atoms with Gasteiger partial charge in [0, 0.05) is 16.8 Å². The Bertz CT molecular complexity index is 1230. The van der Waals surface area contributed by atoms with Gasteiger partial charge in [-0.25, -0.2) is 4.98 Å². The summed E-state index contributed by atoms with van der Waals surface area (Å²) in [7, 11) is 0. The van der Waals surface area contributed by atoms with E-state index in [0.29, 0.717) is 34.8 Å². The van der Waals surface area contributed by atoms with Crippen LogP contribution in [-0.2, 0) is 5.41 Å². The molecule has 4 rings (SSSR count). The number of unbranched alkanes of at least 4 members (excludes halogenated alkanes) is 1. The first-order valence-electron chi connectivity index (χ1n) is 11.4. The van der Waals surface area contributed by atoms with E-state index in [1.54, 1.807) is 12.1 Å². The largest absolute Gasteiger partial charge is 0.494 e. The van der Waals surface area contributed by atoms with E-state index >= 15 is 0 Å². The van der Waals surface area contributed by atoms with Gasteiger partial charge < -0.3 is 14.5 Å². The Morgan fingerprint density at radius 1 is 1.00 bits per heavy atom. The first-order valence-corrected chi connectivity index (χ1v) is 11.4. The second kappa shape index (κ2) is 9.49. The van der Waals surface area contributed by atoms with Crippen LogP contribution in [0.25, 0.3) is 22.6 Å². The third kappa shape index (κ3) is 5.43. The summed E-state index contributed by atoms with van der Waals surface area (Å²) in [5, 5.41) is 2.93. The summed E-state index contributed by atoms with van der Waals surface area (Å²) in [6.07, 6.45) is 2.10. The molecule has 1 aromatic heterocycles. The molecule has 1 amide bonds. The highest BCUT2D eigenvalue weighted by atomic mass is 16.5. The third-order valence-electron chi connectivity index (χ3n) is 5.53. The van der Waals surface area contributed by atoms with Crippen molar-refractivity contribution in [3.05, 3.63) is 77.9 Å². The van der Waals surface area contributed by atoms with E-state index in [1.807, 2.05) is 42.5 Å². The van der Waals surface area contributed by atoms with Gasteiger partial charge in [-0.3, -0.25) is 4.79 Å². The molecule has 0 radical (unpaired) electrons. The Labute approximate surface area is 194 Å². The van der Waals surface area contributed by atoms with E-state index in [9.17, 15) is 4.79 Å². The maximum absolute atomic E-state index is 12.7. The van der Waals surface area contributed by atoms with Gasteiger partial charge in [0.25, 0.3) is 5.91 Å². The molecule has 3 aromatic carbocycles. The molecule has 0 saturated heterocycles. The Morgan fingerprint density at radius 2 is 1.73 bits per heavy atom. The minimum atomic E-state index is -0.184. The SMILES string of the molecule is CCCCOc1ccc(C(=O)Nc2ccc3oc(-c4ccc(C(C)(C)C)cc4)nc3c2)cc1. The lowest BCUT2D eigenvalue weighted by atomic mass is 9.87. The number of aromatic nitrogens is 1. The highest BCUT2D eigenvalue weighted by Crippen LogP contribution is 2.29. The number of benzene rings is 3. The van der Waals surface area contributed by atoms with Crippen LogP contribution in [0.4, 0.5) is 5.69 Å². The first kappa shape index (κ1) is 22.6. The number of amides is 1. The second-order valence-electron chi connectivity index (χ2n) is 9.21. The lowest BCUT2D eigenvalue weighted by molar-refractivity contribution is 0.102. The van der Waals surface area contributed by atoms with Crippen LogP contribution in [0.2, 0.25) is 0 Å². The molecule has 5 heteroatoms. The zero-order valence-corrected chi connectivity index (χ0v) is 19.6. The van der Waals surface area contributed by atoms with Gasteiger partial charge in [-0.1, -0.05) is 46.2 Å². The fraction of sp³-hybridized carbons (Fsp3) is 0.286. The number of hydrogen-bond acceptors (Lipinski definition) is 4. The topological polar surface area (TPSA) is 64.4 Å². The zero-order valence-electron chi connectivity index (χ0n) is 19.6. The molecular formula is C28H30N2O3. The fourth-order valence-corrected chi connectivity index (χ4v) is 3.48. The van der Waals surface area contributed by atoms with Gasteiger partial charge in [-0.05, 0) is 72.0 Å². The molecule has 1 heterocycles. The minimum absolute atomic E-state index is 0.0926. The van der Waals surface area contributed by atoms with Crippen LogP contribution in [-0.4, -0.2) is 17.5 Å². The summed E-state index contributed by atoms with van der Waals surface area (Å²) in [4.78, 5) is 17.3. The van der Waals surface area contributed by atoms with E-state index in [-0.39, 0.29) is 11.3 Å². The zero-order chi connectivity index (χ0) is 23.4. The van der Waals surface area contributed by atoms with Gasteiger partial charge in [0.05, 0.1) is 6.61 Å². The van der Waals surface area contributed by atoms with Crippen LogP contribution >= 0.6 is 0 Å². The average Bonchev–Trinajstić information content (AvgIpc) is 3.23. The Balaban J connectivity index is 1.46. The Morgan fingerprint density at radius 3 is 2.39 bits per heavy atom. The van der Waals surface area contributed by atoms with Gasteiger partial charge in [0.1, 0.15) is 11.3 Å². The van der Waals surface area contributed by atoms with Gasteiger partial charge in [-0.2, -0.15) is 0 Å². The molecular weight excluding hydrogens is 412 g/mol. The van der Waals surface area contributed by atoms with Crippen molar-refractivity contribution in [3.8, 4) is 17.2 Å². The smallest absolute Gasteiger partial charge is 0.255 e. The molecule has 5 nitrogen and oxygen atoms in total. The van der Waals surface area contributed by atoms with E-state index in [0.717, 1.165) is 24.2 Å². The van der Waals surface area contributed by atoms with Crippen molar-refractivity contribution in [2.24, 2.45) is 0 Å². The summed E-state index contributed by atoms with van der Waals surface area (Å²) >= 11 is 0. The molecule has 0 atom stereocenters. The summed E-state index contributed by atoms with van der Waals surface area (Å²) in [5.74, 6) is 1.15.